The summed E-state index contributed by atoms with van der Waals surface area (Å²) in [6.07, 6.45) is 2.60. The summed E-state index contributed by atoms with van der Waals surface area (Å²) in [6, 6.07) is 25.3. The van der Waals surface area contributed by atoms with Gasteiger partial charge in [0.1, 0.15) is 0 Å². The summed E-state index contributed by atoms with van der Waals surface area (Å²) in [5.41, 5.74) is 5.49. The molecule has 2 heterocycles. The van der Waals surface area contributed by atoms with E-state index in [0.29, 0.717) is 11.4 Å². The number of aromatic nitrogens is 2. The first-order valence-electron chi connectivity index (χ1n) is 10.5. The SMILES string of the molecule is CC(=O)N1N=C(c2ccc(Br)cc2)CC1c1cn(-c2ccccc2)nc1-c1ccc(Cl)cc1. The molecule has 0 bridgehead atoms. The number of carbonyl (C=O) groups is 1. The fourth-order valence-corrected chi connectivity index (χ4v) is 4.43. The Hall–Kier alpha value is -3.22. The number of hydrogen-bond acceptors (Lipinski definition) is 3. The van der Waals surface area contributed by atoms with Crippen molar-refractivity contribution < 1.29 is 4.79 Å². The van der Waals surface area contributed by atoms with Crippen LogP contribution in [0.25, 0.3) is 16.9 Å². The minimum atomic E-state index is -0.260. The average molecular weight is 520 g/mol. The molecule has 0 aliphatic carbocycles. The van der Waals surface area contributed by atoms with Crippen LogP contribution in [0, 0.1) is 0 Å². The number of amides is 1. The first kappa shape index (κ1) is 21.6. The molecule has 1 amide bonds. The van der Waals surface area contributed by atoms with Gasteiger partial charge in [-0.15, -0.1) is 0 Å². The molecule has 0 spiro atoms. The molecule has 164 valence electrons. The van der Waals surface area contributed by atoms with Gasteiger partial charge in [0.05, 0.1) is 23.1 Å². The van der Waals surface area contributed by atoms with E-state index in [1.165, 1.54) is 0 Å². The van der Waals surface area contributed by atoms with E-state index >= 15 is 0 Å². The zero-order valence-corrected chi connectivity index (χ0v) is 20.2. The Morgan fingerprint density at radius 2 is 1.64 bits per heavy atom. The molecule has 0 radical (unpaired) electrons. The van der Waals surface area contributed by atoms with Crippen molar-refractivity contribution in [3.63, 3.8) is 0 Å². The maximum absolute atomic E-state index is 12.6. The molecule has 1 aliphatic rings. The van der Waals surface area contributed by atoms with Crippen molar-refractivity contribution in [2.24, 2.45) is 5.10 Å². The summed E-state index contributed by atoms with van der Waals surface area (Å²) in [7, 11) is 0. The topological polar surface area (TPSA) is 50.5 Å². The van der Waals surface area contributed by atoms with Crippen LogP contribution >= 0.6 is 27.5 Å². The lowest BCUT2D eigenvalue weighted by Gasteiger charge is -2.20. The van der Waals surface area contributed by atoms with Crippen LogP contribution in [0.15, 0.2) is 94.6 Å². The van der Waals surface area contributed by atoms with Crippen LogP contribution in [-0.2, 0) is 4.79 Å². The maximum atomic E-state index is 12.6. The van der Waals surface area contributed by atoms with Gasteiger partial charge < -0.3 is 0 Å². The normalized spacial score (nSPS) is 15.5. The summed E-state index contributed by atoms with van der Waals surface area (Å²) in [4.78, 5) is 12.6. The third-order valence-electron chi connectivity index (χ3n) is 5.65. The summed E-state index contributed by atoms with van der Waals surface area (Å²) in [5, 5.41) is 11.8. The number of hydrogen-bond donors (Lipinski definition) is 0. The molecule has 1 atom stereocenters. The van der Waals surface area contributed by atoms with Gasteiger partial charge >= 0.3 is 0 Å². The lowest BCUT2D eigenvalue weighted by atomic mass is 9.96. The Bertz CT molecular complexity index is 1330. The van der Waals surface area contributed by atoms with E-state index in [0.717, 1.165) is 38.3 Å². The smallest absolute Gasteiger partial charge is 0.240 e. The van der Waals surface area contributed by atoms with Crippen molar-refractivity contribution in [3.8, 4) is 16.9 Å². The fraction of sp³-hybridized carbons (Fsp3) is 0.115. The van der Waals surface area contributed by atoms with Gasteiger partial charge in [0.15, 0.2) is 0 Å². The van der Waals surface area contributed by atoms with Crippen LogP contribution in [0.2, 0.25) is 5.02 Å². The molecule has 1 aromatic heterocycles. The summed E-state index contributed by atoms with van der Waals surface area (Å²) >= 11 is 9.61. The third kappa shape index (κ3) is 4.36. The van der Waals surface area contributed by atoms with Crippen molar-refractivity contribution >= 4 is 39.1 Å². The molecule has 1 aliphatic heterocycles. The number of hydrazone groups is 1. The molecule has 33 heavy (non-hydrogen) atoms. The predicted molar refractivity (Wildman–Crippen MR) is 135 cm³/mol. The standard InChI is InChI=1S/C26H20BrClN4O/c1-17(33)32-25(15-24(29-32)18-7-11-20(27)12-8-18)23-16-31(22-5-3-2-4-6-22)30-26(23)19-9-13-21(28)14-10-19/h2-14,16,25H,15H2,1H3. The Labute approximate surface area is 205 Å². The lowest BCUT2D eigenvalue weighted by molar-refractivity contribution is -0.130. The van der Waals surface area contributed by atoms with Gasteiger partial charge in [-0.3, -0.25) is 4.79 Å². The van der Waals surface area contributed by atoms with E-state index in [9.17, 15) is 4.79 Å². The minimum Gasteiger partial charge on any atom is -0.273 e. The molecule has 5 rings (SSSR count). The summed E-state index contributed by atoms with van der Waals surface area (Å²) < 4.78 is 2.86. The molecule has 5 nitrogen and oxygen atoms in total. The fourth-order valence-electron chi connectivity index (χ4n) is 4.04. The van der Waals surface area contributed by atoms with Gasteiger partial charge in [0.2, 0.25) is 5.91 Å². The van der Waals surface area contributed by atoms with Crippen LogP contribution < -0.4 is 0 Å². The van der Waals surface area contributed by atoms with Crippen molar-refractivity contribution in [2.75, 3.05) is 0 Å². The molecule has 4 aromatic rings. The number of halogens is 2. The van der Waals surface area contributed by atoms with Gasteiger partial charge in [0, 0.05) is 40.2 Å². The highest BCUT2D eigenvalue weighted by Crippen LogP contribution is 2.38. The second-order valence-corrected chi connectivity index (χ2v) is 9.21. The Balaban J connectivity index is 1.61. The molecular weight excluding hydrogens is 500 g/mol. The first-order chi connectivity index (χ1) is 16.0. The van der Waals surface area contributed by atoms with E-state index in [2.05, 4.69) is 15.9 Å². The summed E-state index contributed by atoms with van der Waals surface area (Å²) in [5.74, 6) is -0.110. The van der Waals surface area contributed by atoms with Crippen LogP contribution in [0.4, 0.5) is 0 Å². The van der Waals surface area contributed by atoms with Gasteiger partial charge in [-0.2, -0.15) is 10.2 Å². The molecular formula is C26H20BrClN4O. The van der Waals surface area contributed by atoms with Crippen molar-refractivity contribution in [1.82, 2.24) is 14.8 Å². The van der Waals surface area contributed by atoms with Crippen molar-refractivity contribution in [2.45, 2.75) is 19.4 Å². The van der Waals surface area contributed by atoms with Crippen LogP contribution in [0.1, 0.15) is 30.5 Å². The molecule has 1 unspecified atom stereocenters. The van der Waals surface area contributed by atoms with Gasteiger partial charge in [-0.05, 0) is 42.0 Å². The van der Waals surface area contributed by atoms with Crippen molar-refractivity contribution in [3.05, 3.63) is 106 Å². The Morgan fingerprint density at radius 3 is 2.30 bits per heavy atom. The first-order valence-corrected chi connectivity index (χ1v) is 11.7. The second kappa shape index (κ2) is 8.96. The van der Waals surface area contributed by atoms with Gasteiger partial charge in [-0.1, -0.05) is 70.0 Å². The van der Waals surface area contributed by atoms with Gasteiger partial charge in [-0.25, -0.2) is 9.69 Å². The molecule has 0 saturated heterocycles. The minimum absolute atomic E-state index is 0.110. The number of rotatable bonds is 4. The quantitative estimate of drug-likeness (QED) is 0.303. The molecule has 0 saturated carbocycles. The molecule has 3 aromatic carbocycles. The van der Waals surface area contributed by atoms with E-state index in [-0.39, 0.29) is 11.9 Å². The number of benzene rings is 3. The number of nitrogens with zero attached hydrogens (tertiary/aromatic N) is 4. The Kier molecular flexibility index (Phi) is 5.87. The predicted octanol–water partition coefficient (Wildman–Crippen LogP) is 6.65. The van der Waals surface area contributed by atoms with E-state index in [4.69, 9.17) is 21.8 Å². The highest BCUT2D eigenvalue weighted by molar-refractivity contribution is 9.10. The molecule has 7 heteroatoms. The molecule has 0 fully saturated rings. The lowest BCUT2D eigenvalue weighted by Crippen LogP contribution is -2.24. The van der Waals surface area contributed by atoms with Crippen LogP contribution in [0.5, 0.6) is 0 Å². The zero-order valence-electron chi connectivity index (χ0n) is 17.8. The summed E-state index contributed by atoms with van der Waals surface area (Å²) in [6.45, 7) is 1.55. The van der Waals surface area contributed by atoms with E-state index in [1.807, 2.05) is 89.7 Å². The maximum Gasteiger partial charge on any atom is 0.240 e. The van der Waals surface area contributed by atoms with E-state index < -0.39 is 0 Å². The molecule has 0 N–H and O–H groups in total. The van der Waals surface area contributed by atoms with E-state index in [1.54, 1.807) is 11.9 Å². The third-order valence-corrected chi connectivity index (χ3v) is 6.43. The average Bonchev–Trinajstić information content (AvgIpc) is 3.46. The van der Waals surface area contributed by atoms with Crippen molar-refractivity contribution in [1.29, 1.82) is 0 Å². The highest BCUT2D eigenvalue weighted by Gasteiger charge is 2.34. The largest absolute Gasteiger partial charge is 0.273 e. The zero-order chi connectivity index (χ0) is 22.9. The highest BCUT2D eigenvalue weighted by atomic mass is 79.9. The second-order valence-electron chi connectivity index (χ2n) is 7.86. The Morgan fingerprint density at radius 1 is 0.970 bits per heavy atom. The number of para-hydroxylation sites is 1. The number of carbonyl (C=O) groups excluding carboxylic acids is 1. The van der Waals surface area contributed by atoms with Crippen LogP contribution in [0.3, 0.4) is 0 Å². The monoisotopic (exact) mass is 518 g/mol. The van der Waals surface area contributed by atoms with Gasteiger partial charge in [0.25, 0.3) is 0 Å². The van der Waals surface area contributed by atoms with Crippen LogP contribution in [-0.4, -0.2) is 26.4 Å².